The van der Waals surface area contributed by atoms with E-state index in [4.69, 9.17) is 5.73 Å². The molecule has 0 atom stereocenters. The van der Waals surface area contributed by atoms with Crippen LogP contribution in [0, 0.1) is 0 Å². The van der Waals surface area contributed by atoms with Gasteiger partial charge in [-0.05, 0) is 26.2 Å². The summed E-state index contributed by atoms with van der Waals surface area (Å²) in [5.41, 5.74) is 6.37. The van der Waals surface area contributed by atoms with Gasteiger partial charge in [-0.2, -0.15) is 5.10 Å². The number of piperidine rings is 1. The van der Waals surface area contributed by atoms with E-state index < -0.39 is 0 Å². The molecule has 0 unspecified atom stereocenters. The fraction of sp³-hybridized carbons (Fsp3) is 0.615. The molecule has 0 bridgehead atoms. The van der Waals surface area contributed by atoms with Crippen molar-refractivity contribution in [3.8, 4) is 0 Å². The highest BCUT2D eigenvalue weighted by molar-refractivity contribution is 5.99. The van der Waals surface area contributed by atoms with Gasteiger partial charge >= 0.3 is 0 Å². The van der Waals surface area contributed by atoms with E-state index in [1.54, 1.807) is 4.90 Å². The normalized spacial score (nSPS) is 15.2. The number of anilines is 1. The third-order valence-electron chi connectivity index (χ3n) is 3.49. The maximum atomic E-state index is 12.1. The molecule has 1 aromatic rings. The highest BCUT2D eigenvalue weighted by Crippen LogP contribution is 2.11. The Hall–Kier alpha value is -2.05. The lowest BCUT2D eigenvalue weighted by molar-refractivity contribution is -0.130. The zero-order valence-corrected chi connectivity index (χ0v) is 11.8. The van der Waals surface area contributed by atoms with Gasteiger partial charge in [0.1, 0.15) is 5.69 Å². The molecule has 0 radical (unpaired) electrons. The van der Waals surface area contributed by atoms with Gasteiger partial charge in [-0.15, -0.1) is 0 Å². The molecule has 2 amide bonds. The molecule has 7 nitrogen and oxygen atoms in total. The Labute approximate surface area is 118 Å². The smallest absolute Gasteiger partial charge is 0.272 e. The predicted molar refractivity (Wildman–Crippen MR) is 75.1 cm³/mol. The second kappa shape index (κ2) is 6.40. The van der Waals surface area contributed by atoms with Crippen molar-refractivity contribution >= 4 is 17.5 Å². The zero-order chi connectivity index (χ0) is 14.5. The van der Waals surface area contributed by atoms with E-state index in [-0.39, 0.29) is 18.4 Å². The fourth-order valence-electron chi connectivity index (χ4n) is 2.38. The Kier molecular flexibility index (Phi) is 4.60. The van der Waals surface area contributed by atoms with Crippen LogP contribution >= 0.6 is 0 Å². The van der Waals surface area contributed by atoms with Gasteiger partial charge in [-0.3, -0.25) is 14.3 Å². The van der Waals surface area contributed by atoms with Crippen LogP contribution < -0.4 is 11.1 Å². The Bertz CT molecular complexity index is 491. The van der Waals surface area contributed by atoms with E-state index in [0.29, 0.717) is 17.9 Å². The number of likely N-dealkylation sites (tertiary alicyclic amines) is 1. The van der Waals surface area contributed by atoms with Crippen LogP contribution in [-0.2, 0) is 11.3 Å². The number of nitrogens with zero attached hydrogens (tertiary/aromatic N) is 3. The summed E-state index contributed by atoms with van der Waals surface area (Å²) < 4.78 is 1.52. The highest BCUT2D eigenvalue weighted by atomic mass is 16.2. The zero-order valence-electron chi connectivity index (χ0n) is 11.8. The van der Waals surface area contributed by atoms with Gasteiger partial charge in [-0.1, -0.05) is 0 Å². The number of rotatable bonds is 4. The number of carbonyl (C=O) groups excluding carboxylic acids is 2. The first-order chi connectivity index (χ1) is 9.63. The summed E-state index contributed by atoms with van der Waals surface area (Å²) in [4.78, 5) is 25.8. The first-order valence-corrected chi connectivity index (χ1v) is 7.00. The first-order valence-electron chi connectivity index (χ1n) is 7.00. The fourth-order valence-corrected chi connectivity index (χ4v) is 2.38. The summed E-state index contributed by atoms with van der Waals surface area (Å²) in [5, 5.41) is 6.63. The SMILES string of the molecule is CCn1ncc(N)c1C(=O)NCC(=O)N1CCCCC1. The van der Waals surface area contributed by atoms with Crippen molar-refractivity contribution in [2.75, 3.05) is 25.4 Å². The number of aryl methyl sites for hydroxylation is 1. The van der Waals surface area contributed by atoms with Gasteiger partial charge in [0.25, 0.3) is 5.91 Å². The standard InChI is InChI=1S/C13H21N5O2/c1-2-18-12(10(14)8-16-18)13(20)15-9-11(19)17-6-4-3-5-7-17/h8H,2-7,9,14H2,1H3,(H,15,20). The molecular formula is C13H21N5O2. The Balaban J connectivity index is 1.91. The van der Waals surface area contributed by atoms with Crippen molar-refractivity contribution < 1.29 is 9.59 Å². The van der Waals surface area contributed by atoms with Crippen LogP contribution in [0.2, 0.25) is 0 Å². The summed E-state index contributed by atoms with van der Waals surface area (Å²) in [6, 6.07) is 0. The lowest BCUT2D eigenvalue weighted by Crippen LogP contribution is -2.43. The molecule has 1 aromatic heterocycles. The van der Waals surface area contributed by atoms with Crippen molar-refractivity contribution in [1.82, 2.24) is 20.0 Å². The Morgan fingerprint density at radius 2 is 2.05 bits per heavy atom. The number of amides is 2. The topological polar surface area (TPSA) is 93.2 Å². The molecule has 110 valence electrons. The highest BCUT2D eigenvalue weighted by Gasteiger charge is 2.20. The van der Waals surface area contributed by atoms with Crippen molar-refractivity contribution in [2.24, 2.45) is 0 Å². The van der Waals surface area contributed by atoms with E-state index in [2.05, 4.69) is 10.4 Å². The molecule has 20 heavy (non-hydrogen) atoms. The van der Waals surface area contributed by atoms with Crippen LogP contribution in [0.15, 0.2) is 6.20 Å². The van der Waals surface area contributed by atoms with Crippen molar-refractivity contribution in [2.45, 2.75) is 32.7 Å². The summed E-state index contributed by atoms with van der Waals surface area (Å²) in [7, 11) is 0. The van der Waals surface area contributed by atoms with Crippen LogP contribution in [0.3, 0.4) is 0 Å². The van der Waals surface area contributed by atoms with Crippen LogP contribution in [0.1, 0.15) is 36.7 Å². The second-order valence-corrected chi connectivity index (χ2v) is 4.89. The summed E-state index contributed by atoms with van der Waals surface area (Å²) in [5.74, 6) is -0.397. The number of carbonyl (C=O) groups is 2. The number of hydrogen-bond acceptors (Lipinski definition) is 4. The Morgan fingerprint density at radius 1 is 1.35 bits per heavy atom. The van der Waals surface area contributed by atoms with Gasteiger partial charge in [-0.25, -0.2) is 0 Å². The molecule has 1 aliphatic rings. The molecule has 2 heterocycles. The predicted octanol–water partition coefficient (Wildman–Crippen LogP) is 0.228. The van der Waals surface area contributed by atoms with Crippen LogP contribution in [-0.4, -0.2) is 46.1 Å². The van der Waals surface area contributed by atoms with Gasteiger partial charge in [0.2, 0.25) is 5.91 Å². The minimum atomic E-state index is -0.354. The summed E-state index contributed by atoms with van der Waals surface area (Å²) in [6.45, 7) is 4.00. The summed E-state index contributed by atoms with van der Waals surface area (Å²) in [6.07, 6.45) is 4.69. The summed E-state index contributed by atoms with van der Waals surface area (Å²) >= 11 is 0. The largest absolute Gasteiger partial charge is 0.396 e. The molecule has 2 rings (SSSR count). The third-order valence-corrected chi connectivity index (χ3v) is 3.49. The minimum Gasteiger partial charge on any atom is -0.396 e. The van der Waals surface area contributed by atoms with Gasteiger partial charge in [0.05, 0.1) is 18.4 Å². The van der Waals surface area contributed by atoms with Crippen molar-refractivity contribution in [1.29, 1.82) is 0 Å². The lowest BCUT2D eigenvalue weighted by atomic mass is 10.1. The van der Waals surface area contributed by atoms with Crippen LogP contribution in [0.5, 0.6) is 0 Å². The van der Waals surface area contributed by atoms with E-state index in [0.717, 1.165) is 25.9 Å². The van der Waals surface area contributed by atoms with E-state index in [1.807, 2.05) is 6.92 Å². The van der Waals surface area contributed by atoms with Gasteiger partial charge in [0, 0.05) is 19.6 Å². The molecule has 1 saturated heterocycles. The third kappa shape index (κ3) is 3.09. The molecule has 3 N–H and O–H groups in total. The average Bonchev–Trinajstić information content (AvgIpc) is 2.86. The molecular weight excluding hydrogens is 258 g/mol. The van der Waals surface area contributed by atoms with E-state index in [9.17, 15) is 9.59 Å². The quantitative estimate of drug-likeness (QED) is 0.825. The molecule has 0 spiro atoms. The molecule has 1 aliphatic heterocycles. The monoisotopic (exact) mass is 279 g/mol. The molecule has 7 heteroatoms. The number of nitrogens with two attached hydrogens (primary N) is 1. The van der Waals surface area contributed by atoms with Crippen molar-refractivity contribution in [3.05, 3.63) is 11.9 Å². The maximum Gasteiger partial charge on any atom is 0.272 e. The molecule has 0 saturated carbocycles. The Morgan fingerprint density at radius 3 is 2.70 bits per heavy atom. The number of nitrogens with one attached hydrogen (secondary N) is 1. The van der Waals surface area contributed by atoms with Crippen molar-refractivity contribution in [3.63, 3.8) is 0 Å². The van der Waals surface area contributed by atoms with Crippen LogP contribution in [0.25, 0.3) is 0 Å². The molecule has 1 fully saturated rings. The van der Waals surface area contributed by atoms with Gasteiger partial charge < -0.3 is 16.0 Å². The number of hydrogen-bond donors (Lipinski definition) is 2. The van der Waals surface area contributed by atoms with E-state index >= 15 is 0 Å². The average molecular weight is 279 g/mol. The molecule has 0 aliphatic carbocycles. The van der Waals surface area contributed by atoms with Gasteiger partial charge in [0.15, 0.2) is 0 Å². The van der Waals surface area contributed by atoms with E-state index in [1.165, 1.54) is 17.3 Å². The lowest BCUT2D eigenvalue weighted by Gasteiger charge is -2.26. The number of aromatic nitrogens is 2. The first kappa shape index (κ1) is 14.4. The molecule has 0 aromatic carbocycles. The minimum absolute atomic E-state index is 0.00711. The maximum absolute atomic E-state index is 12.1. The number of nitrogen functional groups attached to an aromatic ring is 1. The second-order valence-electron chi connectivity index (χ2n) is 4.89. The van der Waals surface area contributed by atoms with Crippen LogP contribution in [0.4, 0.5) is 5.69 Å².